The van der Waals surface area contributed by atoms with E-state index < -0.39 is 5.91 Å². The van der Waals surface area contributed by atoms with Gasteiger partial charge in [0.1, 0.15) is 29.7 Å². The number of aromatic nitrogens is 2. The lowest BCUT2D eigenvalue weighted by Gasteiger charge is -2.36. The molecule has 2 aliphatic rings. The van der Waals surface area contributed by atoms with Crippen molar-refractivity contribution in [3.63, 3.8) is 0 Å². The van der Waals surface area contributed by atoms with Crippen LogP contribution in [-0.4, -0.2) is 39.1 Å². The largest absolute Gasteiger partial charge is 0.490 e. The van der Waals surface area contributed by atoms with Crippen LogP contribution >= 0.6 is 0 Å². The number of aryl methyl sites for hydroxylation is 1. The van der Waals surface area contributed by atoms with Crippen LogP contribution in [0.3, 0.4) is 0 Å². The first-order chi connectivity index (χ1) is 19.4. The summed E-state index contributed by atoms with van der Waals surface area (Å²) >= 11 is 0. The minimum Gasteiger partial charge on any atom is -0.490 e. The Kier molecular flexibility index (Phi) is 7.79. The number of hydrogen-bond donors (Lipinski definition) is 0. The van der Waals surface area contributed by atoms with Gasteiger partial charge in [0.15, 0.2) is 0 Å². The van der Waals surface area contributed by atoms with Crippen molar-refractivity contribution in [1.29, 1.82) is 5.26 Å². The third-order valence-corrected chi connectivity index (χ3v) is 7.60. The summed E-state index contributed by atoms with van der Waals surface area (Å²) in [4.78, 5) is 28.5. The zero-order chi connectivity index (χ0) is 28.2. The standard InChI is InChI=1S/C33H32N4O3/c1-4-17-40-27-15-16-28(22(2)18-27)31-24(21-36(35-31)25-11-7-5-8-12-25)19-29-23(3)30(20-34)33(39)37(32(29)38)26-13-9-6-10-14-26/h4-5,7-8,11-12,15-16,18-19,21,26H,1,6,9-10,13-14,17H2,2-3H3/b29-19+. The van der Waals surface area contributed by atoms with Crippen LogP contribution in [0.4, 0.5) is 0 Å². The molecule has 202 valence electrons. The maximum atomic E-state index is 13.9. The van der Waals surface area contributed by atoms with Gasteiger partial charge in [-0.05, 0) is 74.2 Å². The lowest BCUT2D eigenvalue weighted by molar-refractivity contribution is -0.143. The molecule has 2 amide bonds. The summed E-state index contributed by atoms with van der Waals surface area (Å²) in [5, 5.41) is 14.8. The van der Waals surface area contributed by atoms with Crippen LogP contribution in [0.2, 0.25) is 0 Å². The molecular formula is C33H32N4O3. The van der Waals surface area contributed by atoms with Crippen molar-refractivity contribution in [1.82, 2.24) is 14.7 Å². The van der Waals surface area contributed by atoms with Crippen LogP contribution < -0.4 is 4.74 Å². The first-order valence-corrected chi connectivity index (χ1v) is 13.6. The molecule has 2 heterocycles. The maximum absolute atomic E-state index is 13.9. The fraction of sp³-hybridized carbons (Fsp3) is 0.273. The Morgan fingerprint density at radius 2 is 1.82 bits per heavy atom. The van der Waals surface area contributed by atoms with E-state index in [1.807, 2.05) is 61.7 Å². The van der Waals surface area contributed by atoms with E-state index in [1.165, 1.54) is 4.90 Å². The Balaban J connectivity index is 1.65. The number of carbonyl (C=O) groups excluding carboxylic acids is 2. The summed E-state index contributed by atoms with van der Waals surface area (Å²) in [6.07, 6.45) is 9.90. The van der Waals surface area contributed by atoms with E-state index in [4.69, 9.17) is 9.84 Å². The number of benzene rings is 2. The molecule has 1 saturated carbocycles. The van der Waals surface area contributed by atoms with Gasteiger partial charge in [-0.2, -0.15) is 10.4 Å². The van der Waals surface area contributed by atoms with E-state index in [9.17, 15) is 14.9 Å². The molecule has 2 aromatic carbocycles. The lowest BCUT2D eigenvalue weighted by atomic mass is 9.88. The second-order valence-electron chi connectivity index (χ2n) is 10.2. The minimum atomic E-state index is -0.486. The van der Waals surface area contributed by atoms with Crippen LogP contribution in [0.1, 0.15) is 50.2 Å². The number of imide groups is 1. The van der Waals surface area contributed by atoms with E-state index >= 15 is 0 Å². The lowest BCUT2D eigenvalue weighted by Crippen LogP contribution is -2.49. The predicted octanol–water partition coefficient (Wildman–Crippen LogP) is 6.34. The number of hydrogen-bond acceptors (Lipinski definition) is 5. The average Bonchev–Trinajstić information content (AvgIpc) is 3.39. The van der Waals surface area contributed by atoms with Gasteiger partial charge in [0.05, 0.1) is 5.69 Å². The van der Waals surface area contributed by atoms with Crippen molar-refractivity contribution in [2.75, 3.05) is 6.61 Å². The highest BCUT2D eigenvalue weighted by Gasteiger charge is 2.40. The van der Waals surface area contributed by atoms with Gasteiger partial charge in [0.25, 0.3) is 11.8 Å². The number of para-hydroxylation sites is 1. The van der Waals surface area contributed by atoms with Gasteiger partial charge in [-0.1, -0.05) is 50.1 Å². The first-order valence-electron chi connectivity index (χ1n) is 13.6. The molecule has 7 heteroatoms. The molecule has 1 aliphatic heterocycles. The highest BCUT2D eigenvalue weighted by atomic mass is 16.5. The van der Waals surface area contributed by atoms with E-state index in [-0.39, 0.29) is 17.5 Å². The van der Waals surface area contributed by atoms with Gasteiger partial charge >= 0.3 is 0 Å². The zero-order valence-electron chi connectivity index (χ0n) is 22.9. The molecule has 0 saturated heterocycles. The van der Waals surface area contributed by atoms with Gasteiger partial charge in [-0.3, -0.25) is 14.5 Å². The van der Waals surface area contributed by atoms with Crippen LogP contribution in [0, 0.1) is 18.3 Å². The number of ether oxygens (including phenoxy) is 1. The molecule has 1 aliphatic carbocycles. The number of amides is 2. The van der Waals surface area contributed by atoms with Crippen LogP contribution in [-0.2, 0) is 9.59 Å². The minimum absolute atomic E-state index is 0.0216. The van der Waals surface area contributed by atoms with Crippen LogP contribution in [0.5, 0.6) is 5.75 Å². The van der Waals surface area contributed by atoms with Crippen molar-refractivity contribution in [3.05, 3.63) is 95.2 Å². The molecule has 0 radical (unpaired) electrons. The smallest absolute Gasteiger partial charge is 0.271 e. The van der Waals surface area contributed by atoms with Crippen molar-refractivity contribution in [2.24, 2.45) is 0 Å². The molecule has 3 aromatic rings. The first kappa shape index (κ1) is 26.9. The van der Waals surface area contributed by atoms with Crippen molar-refractivity contribution < 1.29 is 14.3 Å². The second kappa shape index (κ2) is 11.6. The van der Waals surface area contributed by atoms with Gasteiger partial charge in [0.2, 0.25) is 0 Å². The van der Waals surface area contributed by atoms with Crippen molar-refractivity contribution in [3.8, 4) is 28.8 Å². The molecule has 0 N–H and O–H groups in total. The Hall–Kier alpha value is -4.70. The Morgan fingerprint density at radius 1 is 1.07 bits per heavy atom. The molecule has 0 atom stereocenters. The molecule has 40 heavy (non-hydrogen) atoms. The molecule has 7 nitrogen and oxygen atoms in total. The van der Waals surface area contributed by atoms with E-state index in [0.29, 0.717) is 29.0 Å². The van der Waals surface area contributed by atoms with Crippen molar-refractivity contribution in [2.45, 2.75) is 52.0 Å². The number of nitriles is 1. The zero-order valence-corrected chi connectivity index (χ0v) is 22.9. The van der Waals surface area contributed by atoms with E-state index in [1.54, 1.807) is 23.8 Å². The summed E-state index contributed by atoms with van der Waals surface area (Å²) in [5.74, 6) is -0.109. The third kappa shape index (κ3) is 5.13. The predicted molar refractivity (Wildman–Crippen MR) is 154 cm³/mol. The van der Waals surface area contributed by atoms with Gasteiger partial charge in [-0.15, -0.1) is 0 Å². The van der Waals surface area contributed by atoms with Crippen LogP contribution in [0.25, 0.3) is 23.0 Å². The quantitative estimate of drug-likeness (QED) is 0.201. The van der Waals surface area contributed by atoms with Crippen LogP contribution in [0.15, 0.2) is 84.1 Å². The summed E-state index contributed by atoms with van der Waals surface area (Å²) in [6, 6.07) is 17.4. The summed E-state index contributed by atoms with van der Waals surface area (Å²) in [7, 11) is 0. The fourth-order valence-corrected chi connectivity index (χ4v) is 5.49. The maximum Gasteiger partial charge on any atom is 0.271 e. The highest BCUT2D eigenvalue weighted by molar-refractivity contribution is 6.20. The third-order valence-electron chi connectivity index (χ3n) is 7.60. The Morgan fingerprint density at radius 3 is 2.50 bits per heavy atom. The number of rotatable bonds is 7. The molecule has 0 spiro atoms. The normalized spacial score (nSPS) is 17.3. The fourth-order valence-electron chi connectivity index (χ4n) is 5.49. The van der Waals surface area contributed by atoms with E-state index in [0.717, 1.165) is 54.7 Å². The molecule has 1 fully saturated rings. The van der Waals surface area contributed by atoms with Gasteiger partial charge in [0, 0.05) is 28.9 Å². The Bertz CT molecular complexity index is 1570. The van der Waals surface area contributed by atoms with Gasteiger partial charge in [-0.25, -0.2) is 4.68 Å². The monoisotopic (exact) mass is 532 g/mol. The van der Waals surface area contributed by atoms with Crippen molar-refractivity contribution >= 4 is 17.9 Å². The molecule has 0 bridgehead atoms. The summed E-state index contributed by atoms with van der Waals surface area (Å²) in [6.45, 7) is 7.78. The van der Waals surface area contributed by atoms with Gasteiger partial charge < -0.3 is 4.74 Å². The Labute approximate surface area is 234 Å². The SMILES string of the molecule is C=CCOc1ccc(-c2nn(-c3ccccc3)cc2/C=C2/C(=O)N(C3CCCCC3)C(=O)C(C#N)=C2C)c(C)c1. The second-order valence-corrected chi connectivity index (χ2v) is 10.2. The summed E-state index contributed by atoms with van der Waals surface area (Å²) in [5.41, 5.74) is 4.88. The molecule has 0 unspecified atom stereocenters. The topological polar surface area (TPSA) is 88.2 Å². The molecule has 5 rings (SSSR count). The summed E-state index contributed by atoms with van der Waals surface area (Å²) < 4.78 is 7.49. The number of carbonyl (C=O) groups is 2. The average molecular weight is 533 g/mol. The molecule has 1 aromatic heterocycles. The number of nitrogens with zero attached hydrogens (tertiary/aromatic N) is 4. The molecular weight excluding hydrogens is 500 g/mol. The van der Waals surface area contributed by atoms with E-state index in [2.05, 4.69) is 12.6 Å². The highest BCUT2D eigenvalue weighted by Crippen LogP contribution is 2.35.